The summed E-state index contributed by atoms with van der Waals surface area (Å²) in [6.07, 6.45) is 0. The highest BCUT2D eigenvalue weighted by Crippen LogP contribution is 2.37. The van der Waals surface area contributed by atoms with Crippen molar-refractivity contribution in [3.63, 3.8) is 0 Å². The summed E-state index contributed by atoms with van der Waals surface area (Å²) in [7, 11) is -1.97. The molecule has 0 heterocycles. The fraction of sp³-hybridized carbons (Fsp3) is 0.212. The van der Waals surface area contributed by atoms with E-state index in [0.717, 1.165) is 5.56 Å². The van der Waals surface area contributed by atoms with E-state index < -0.39 is 8.07 Å². The standard InChI is InChI=1S/C33H32Si/c1-22(2)34(23(3)4,24(5)6)15-14-25-12-9-13-28-18-31-19-29-16-26-10-7-8-11-27(26)17-30(29)20-32(31)21-33(25)28/h7-13,16-21,23-24H,1H2,2-6H3. The Hall–Kier alpha value is -3.34. The van der Waals surface area contributed by atoms with Crippen LogP contribution in [0.5, 0.6) is 0 Å². The number of benzene rings is 5. The Balaban J connectivity index is 1.72. The molecule has 168 valence electrons. The van der Waals surface area contributed by atoms with Crippen molar-refractivity contribution in [1.29, 1.82) is 0 Å². The van der Waals surface area contributed by atoms with Gasteiger partial charge in [-0.05, 0) is 104 Å². The van der Waals surface area contributed by atoms with Crippen molar-refractivity contribution >= 4 is 51.2 Å². The summed E-state index contributed by atoms with van der Waals surface area (Å²) in [4.78, 5) is 0. The van der Waals surface area contributed by atoms with Crippen LogP contribution in [0.3, 0.4) is 0 Å². The molecular formula is C33H32Si. The SMILES string of the molecule is C=C(C)[Si](C#Cc1cccc2cc3cc4cc5ccccc5cc4cc3cc12)(C(C)C)C(C)C. The Morgan fingerprint density at radius 2 is 1.12 bits per heavy atom. The highest BCUT2D eigenvalue weighted by Gasteiger charge is 2.39. The molecule has 0 spiro atoms. The molecule has 5 aromatic rings. The first-order chi connectivity index (χ1) is 16.3. The Morgan fingerprint density at radius 1 is 0.647 bits per heavy atom. The van der Waals surface area contributed by atoms with Crippen LogP contribution in [0.4, 0.5) is 0 Å². The van der Waals surface area contributed by atoms with Crippen molar-refractivity contribution < 1.29 is 0 Å². The van der Waals surface area contributed by atoms with Crippen molar-refractivity contribution in [3.05, 3.63) is 96.2 Å². The van der Waals surface area contributed by atoms with Crippen molar-refractivity contribution in [1.82, 2.24) is 0 Å². The molecule has 5 aromatic carbocycles. The zero-order valence-electron chi connectivity index (χ0n) is 20.9. The summed E-state index contributed by atoms with van der Waals surface area (Å²) >= 11 is 0. The van der Waals surface area contributed by atoms with Crippen LogP contribution >= 0.6 is 0 Å². The van der Waals surface area contributed by atoms with E-state index in [-0.39, 0.29) is 0 Å². The maximum Gasteiger partial charge on any atom is 0.169 e. The second-order valence-electron chi connectivity index (χ2n) is 10.3. The van der Waals surface area contributed by atoms with Gasteiger partial charge in [0, 0.05) is 5.56 Å². The lowest BCUT2D eigenvalue weighted by molar-refractivity contribution is 0.921. The largest absolute Gasteiger partial charge is 0.169 e. The summed E-state index contributed by atoms with van der Waals surface area (Å²) in [5.41, 5.74) is 6.02. The molecule has 0 radical (unpaired) electrons. The first kappa shape index (κ1) is 22.4. The fourth-order valence-electron chi connectivity index (χ4n) is 5.80. The van der Waals surface area contributed by atoms with E-state index in [4.69, 9.17) is 0 Å². The minimum Gasteiger partial charge on any atom is -0.120 e. The molecule has 0 atom stereocenters. The van der Waals surface area contributed by atoms with Crippen LogP contribution in [0.2, 0.25) is 11.1 Å². The Labute approximate surface area is 204 Å². The summed E-state index contributed by atoms with van der Waals surface area (Å²) in [5, 5.41) is 11.4. The molecule has 0 nitrogen and oxygen atoms in total. The van der Waals surface area contributed by atoms with Crippen LogP contribution in [-0.4, -0.2) is 8.07 Å². The normalized spacial score (nSPS) is 12.1. The molecule has 0 saturated carbocycles. The monoisotopic (exact) mass is 456 g/mol. The van der Waals surface area contributed by atoms with Gasteiger partial charge in [-0.2, -0.15) is 0 Å². The third-order valence-electron chi connectivity index (χ3n) is 7.59. The predicted molar refractivity (Wildman–Crippen MR) is 154 cm³/mol. The van der Waals surface area contributed by atoms with Crippen molar-refractivity contribution in [3.8, 4) is 11.5 Å². The first-order valence-corrected chi connectivity index (χ1v) is 14.4. The minimum atomic E-state index is -1.97. The average Bonchev–Trinajstić information content (AvgIpc) is 2.80. The molecule has 0 aromatic heterocycles. The van der Waals surface area contributed by atoms with Crippen molar-refractivity contribution in [2.75, 3.05) is 0 Å². The van der Waals surface area contributed by atoms with E-state index in [1.54, 1.807) is 0 Å². The number of allylic oxidation sites excluding steroid dienone is 1. The van der Waals surface area contributed by atoms with Gasteiger partial charge in [-0.1, -0.05) is 75.2 Å². The van der Waals surface area contributed by atoms with Gasteiger partial charge in [0.1, 0.15) is 0 Å². The number of rotatable bonds is 3. The number of hydrogen-bond acceptors (Lipinski definition) is 0. The summed E-state index contributed by atoms with van der Waals surface area (Å²) in [6.45, 7) is 15.9. The van der Waals surface area contributed by atoms with Crippen molar-refractivity contribution in [2.24, 2.45) is 0 Å². The lowest BCUT2D eigenvalue weighted by atomic mass is 9.96. The molecule has 0 unspecified atom stereocenters. The molecule has 0 aliphatic carbocycles. The third-order valence-corrected chi connectivity index (χ3v) is 13.2. The molecule has 34 heavy (non-hydrogen) atoms. The second kappa shape index (κ2) is 8.46. The van der Waals surface area contributed by atoms with E-state index in [1.807, 2.05) is 0 Å². The van der Waals surface area contributed by atoms with Gasteiger partial charge in [-0.25, -0.2) is 0 Å². The first-order valence-electron chi connectivity index (χ1n) is 12.3. The maximum atomic E-state index is 4.40. The molecule has 0 N–H and O–H groups in total. The van der Waals surface area contributed by atoms with Crippen LogP contribution in [0.1, 0.15) is 40.2 Å². The zero-order chi connectivity index (χ0) is 24.0. The van der Waals surface area contributed by atoms with E-state index in [0.29, 0.717) is 11.1 Å². The summed E-state index contributed by atoms with van der Waals surface area (Å²) in [6, 6.07) is 29.0. The van der Waals surface area contributed by atoms with Crippen LogP contribution in [0, 0.1) is 11.5 Å². The molecular weight excluding hydrogens is 424 g/mol. The van der Waals surface area contributed by atoms with Gasteiger partial charge < -0.3 is 0 Å². The summed E-state index contributed by atoms with van der Waals surface area (Å²) in [5.74, 6) is 3.65. The Kier molecular flexibility index (Phi) is 5.59. The van der Waals surface area contributed by atoms with Crippen molar-refractivity contribution in [2.45, 2.75) is 45.7 Å². The lowest BCUT2D eigenvalue weighted by Gasteiger charge is -2.34. The predicted octanol–water partition coefficient (Wildman–Crippen LogP) is 9.57. The summed E-state index contributed by atoms with van der Waals surface area (Å²) < 4.78 is 0. The van der Waals surface area contributed by atoms with Gasteiger partial charge in [0.25, 0.3) is 0 Å². The van der Waals surface area contributed by atoms with Crippen LogP contribution in [0.15, 0.2) is 90.6 Å². The molecule has 5 rings (SSSR count). The number of hydrogen-bond donors (Lipinski definition) is 0. The Morgan fingerprint density at radius 3 is 1.65 bits per heavy atom. The molecule has 1 heteroatoms. The highest BCUT2D eigenvalue weighted by atomic mass is 28.3. The van der Waals surface area contributed by atoms with Gasteiger partial charge in [0.05, 0.1) is 0 Å². The third kappa shape index (κ3) is 3.63. The smallest absolute Gasteiger partial charge is 0.120 e. The molecule has 0 fully saturated rings. The molecule has 0 saturated heterocycles. The highest BCUT2D eigenvalue weighted by molar-refractivity contribution is 6.95. The molecule has 0 bridgehead atoms. The van der Waals surface area contributed by atoms with Gasteiger partial charge in [-0.3, -0.25) is 0 Å². The van der Waals surface area contributed by atoms with Gasteiger partial charge in [-0.15, -0.1) is 12.1 Å². The topological polar surface area (TPSA) is 0 Å². The quantitative estimate of drug-likeness (QED) is 0.144. The second-order valence-corrected chi connectivity index (χ2v) is 15.5. The Bertz CT molecular complexity index is 1630. The van der Waals surface area contributed by atoms with Gasteiger partial charge in [0.15, 0.2) is 8.07 Å². The number of fused-ring (bicyclic) bond motifs is 4. The van der Waals surface area contributed by atoms with Crippen LogP contribution in [-0.2, 0) is 0 Å². The van der Waals surface area contributed by atoms with E-state index in [1.165, 1.54) is 48.3 Å². The molecule has 0 aliphatic heterocycles. The average molecular weight is 457 g/mol. The molecule has 0 aliphatic rings. The molecule has 0 amide bonds. The zero-order valence-corrected chi connectivity index (χ0v) is 21.9. The minimum absolute atomic E-state index is 0.537. The van der Waals surface area contributed by atoms with Gasteiger partial charge >= 0.3 is 0 Å². The van der Waals surface area contributed by atoms with E-state index >= 15 is 0 Å². The lowest BCUT2D eigenvalue weighted by Crippen LogP contribution is -2.41. The van der Waals surface area contributed by atoms with E-state index in [2.05, 4.69) is 132 Å². The van der Waals surface area contributed by atoms with Crippen LogP contribution in [0.25, 0.3) is 43.1 Å². The van der Waals surface area contributed by atoms with Crippen LogP contribution < -0.4 is 0 Å². The fourth-order valence-corrected chi connectivity index (χ4v) is 10.2. The van der Waals surface area contributed by atoms with Gasteiger partial charge in [0.2, 0.25) is 0 Å². The van der Waals surface area contributed by atoms with E-state index in [9.17, 15) is 0 Å². The maximum absolute atomic E-state index is 4.40.